The summed E-state index contributed by atoms with van der Waals surface area (Å²) in [5.41, 5.74) is 0.470. The van der Waals surface area contributed by atoms with E-state index in [9.17, 15) is 13.2 Å². The molecule has 2 aromatic rings. The van der Waals surface area contributed by atoms with Crippen molar-refractivity contribution in [3.8, 4) is 0 Å². The maximum Gasteiger partial charge on any atom is 0.163 e. The molecule has 1 N–H and O–H groups in total. The normalized spacial score (nSPS) is 12.4. The van der Waals surface area contributed by atoms with Gasteiger partial charge in [-0.15, -0.1) is 0 Å². The minimum absolute atomic E-state index is 0.0953. The third-order valence-electron chi connectivity index (χ3n) is 2.99. The van der Waals surface area contributed by atoms with Gasteiger partial charge in [-0.1, -0.05) is 42.8 Å². The van der Waals surface area contributed by atoms with Crippen LogP contribution in [0, 0.1) is 17.5 Å². The number of hydrogen-bond donors (Lipinski definition) is 1. The van der Waals surface area contributed by atoms with Crippen LogP contribution in [0.3, 0.4) is 0 Å². The Balaban J connectivity index is 2.56. The molecule has 20 heavy (non-hydrogen) atoms. The molecule has 2 aromatic carbocycles. The van der Waals surface area contributed by atoms with Crippen LogP contribution in [0.2, 0.25) is 5.02 Å². The van der Waals surface area contributed by atoms with Crippen LogP contribution >= 0.6 is 11.6 Å². The summed E-state index contributed by atoms with van der Waals surface area (Å²) in [5, 5.41) is 2.90. The van der Waals surface area contributed by atoms with Gasteiger partial charge in [-0.05, 0) is 24.2 Å². The molecule has 0 saturated carbocycles. The van der Waals surface area contributed by atoms with Crippen molar-refractivity contribution in [2.24, 2.45) is 0 Å². The van der Waals surface area contributed by atoms with Gasteiger partial charge < -0.3 is 5.32 Å². The molecule has 1 atom stereocenters. The minimum atomic E-state index is -0.959. The molecule has 0 bridgehead atoms. The average Bonchev–Trinajstić information content (AvgIpc) is 2.43. The summed E-state index contributed by atoms with van der Waals surface area (Å²) in [7, 11) is 0. The quantitative estimate of drug-likeness (QED) is 0.879. The highest BCUT2D eigenvalue weighted by Crippen LogP contribution is 2.31. The van der Waals surface area contributed by atoms with Crippen molar-refractivity contribution >= 4 is 11.6 Å². The van der Waals surface area contributed by atoms with Crippen LogP contribution in [0.1, 0.15) is 24.1 Å². The topological polar surface area (TPSA) is 12.0 Å². The Morgan fingerprint density at radius 3 is 2.25 bits per heavy atom. The van der Waals surface area contributed by atoms with E-state index in [1.54, 1.807) is 6.07 Å². The molecule has 0 aliphatic heterocycles. The summed E-state index contributed by atoms with van der Waals surface area (Å²) in [6, 6.07) is 7.48. The highest BCUT2D eigenvalue weighted by molar-refractivity contribution is 6.31. The van der Waals surface area contributed by atoms with E-state index in [2.05, 4.69) is 5.32 Å². The van der Waals surface area contributed by atoms with E-state index in [0.717, 1.165) is 6.07 Å². The maximum atomic E-state index is 13.9. The fraction of sp³-hybridized carbons (Fsp3) is 0.200. The summed E-state index contributed by atoms with van der Waals surface area (Å²) >= 11 is 5.93. The third kappa shape index (κ3) is 2.81. The Morgan fingerprint density at radius 1 is 1.00 bits per heavy atom. The van der Waals surface area contributed by atoms with Crippen LogP contribution in [0.25, 0.3) is 0 Å². The van der Waals surface area contributed by atoms with E-state index in [1.165, 1.54) is 24.3 Å². The number of halogens is 4. The first-order valence-electron chi connectivity index (χ1n) is 6.17. The van der Waals surface area contributed by atoms with Gasteiger partial charge >= 0.3 is 0 Å². The SMILES string of the molecule is CCNC(c1cccc(F)c1F)c1cccc(F)c1Cl. The molecule has 1 nitrogen and oxygen atoms in total. The Kier molecular flexibility index (Phi) is 4.68. The molecular formula is C15H13ClF3N. The molecule has 0 aliphatic rings. The molecule has 5 heteroatoms. The lowest BCUT2D eigenvalue weighted by atomic mass is 9.97. The van der Waals surface area contributed by atoms with Crippen molar-refractivity contribution in [3.63, 3.8) is 0 Å². The summed E-state index contributed by atoms with van der Waals surface area (Å²) in [6.45, 7) is 2.31. The lowest BCUT2D eigenvalue weighted by Gasteiger charge is -2.21. The van der Waals surface area contributed by atoms with E-state index in [4.69, 9.17) is 11.6 Å². The molecule has 0 spiro atoms. The lowest BCUT2D eigenvalue weighted by Crippen LogP contribution is -2.24. The molecular weight excluding hydrogens is 287 g/mol. The van der Waals surface area contributed by atoms with E-state index in [-0.39, 0.29) is 10.6 Å². The Morgan fingerprint density at radius 2 is 1.60 bits per heavy atom. The fourth-order valence-corrected chi connectivity index (χ4v) is 2.31. The van der Waals surface area contributed by atoms with Crippen molar-refractivity contribution in [3.05, 3.63) is 70.0 Å². The van der Waals surface area contributed by atoms with E-state index in [0.29, 0.717) is 12.1 Å². The molecule has 0 radical (unpaired) electrons. The first-order valence-corrected chi connectivity index (χ1v) is 6.55. The van der Waals surface area contributed by atoms with Gasteiger partial charge in [0.25, 0.3) is 0 Å². The van der Waals surface area contributed by atoms with Crippen molar-refractivity contribution in [2.45, 2.75) is 13.0 Å². The zero-order valence-corrected chi connectivity index (χ0v) is 11.5. The van der Waals surface area contributed by atoms with Gasteiger partial charge in [0.1, 0.15) is 5.82 Å². The summed E-state index contributed by atoms with van der Waals surface area (Å²) in [4.78, 5) is 0. The van der Waals surface area contributed by atoms with E-state index >= 15 is 0 Å². The molecule has 0 saturated heterocycles. The third-order valence-corrected chi connectivity index (χ3v) is 3.39. The number of rotatable bonds is 4. The average molecular weight is 300 g/mol. The van der Waals surface area contributed by atoms with Gasteiger partial charge in [0.05, 0.1) is 11.1 Å². The van der Waals surface area contributed by atoms with Crippen LogP contribution < -0.4 is 5.32 Å². The van der Waals surface area contributed by atoms with Gasteiger partial charge in [0.2, 0.25) is 0 Å². The standard InChI is InChI=1S/C15H13ClF3N/c1-2-20-15(9-5-3-7-11(17)13(9)16)10-6-4-8-12(18)14(10)19/h3-8,15,20H,2H2,1H3. The molecule has 0 fully saturated rings. The fourth-order valence-electron chi connectivity index (χ4n) is 2.08. The van der Waals surface area contributed by atoms with Crippen molar-refractivity contribution < 1.29 is 13.2 Å². The van der Waals surface area contributed by atoms with Crippen molar-refractivity contribution in [2.75, 3.05) is 6.54 Å². The largest absolute Gasteiger partial charge is 0.306 e. The Bertz CT molecular complexity index is 565. The highest BCUT2D eigenvalue weighted by Gasteiger charge is 2.22. The Labute approximate surface area is 120 Å². The first-order chi connectivity index (χ1) is 9.56. The van der Waals surface area contributed by atoms with Crippen molar-refractivity contribution in [1.82, 2.24) is 5.32 Å². The van der Waals surface area contributed by atoms with Crippen LogP contribution in [0.4, 0.5) is 13.2 Å². The second-order valence-electron chi connectivity index (χ2n) is 4.28. The smallest absolute Gasteiger partial charge is 0.163 e. The van der Waals surface area contributed by atoms with Crippen LogP contribution in [0.15, 0.2) is 36.4 Å². The second-order valence-corrected chi connectivity index (χ2v) is 4.65. The molecule has 106 valence electrons. The minimum Gasteiger partial charge on any atom is -0.306 e. The first kappa shape index (κ1) is 14.9. The van der Waals surface area contributed by atoms with Gasteiger partial charge in [-0.25, -0.2) is 13.2 Å². The van der Waals surface area contributed by atoms with Gasteiger partial charge in [0.15, 0.2) is 11.6 Å². The molecule has 0 heterocycles. The van der Waals surface area contributed by atoms with Gasteiger partial charge in [-0.2, -0.15) is 0 Å². The molecule has 0 aliphatic carbocycles. The monoisotopic (exact) mass is 299 g/mol. The predicted molar refractivity (Wildman–Crippen MR) is 73.3 cm³/mol. The molecule has 0 aromatic heterocycles. The molecule has 2 rings (SSSR count). The summed E-state index contributed by atoms with van der Waals surface area (Å²) in [5.74, 6) is -2.50. The lowest BCUT2D eigenvalue weighted by molar-refractivity contribution is 0.482. The molecule has 1 unspecified atom stereocenters. The van der Waals surface area contributed by atoms with Crippen molar-refractivity contribution in [1.29, 1.82) is 0 Å². The number of hydrogen-bond acceptors (Lipinski definition) is 1. The predicted octanol–water partition coefficient (Wildman–Crippen LogP) is 4.46. The zero-order chi connectivity index (χ0) is 14.7. The van der Waals surface area contributed by atoms with Gasteiger partial charge in [0, 0.05) is 5.56 Å². The maximum absolute atomic E-state index is 13.9. The zero-order valence-electron chi connectivity index (χ0n) is 10.8. The highest BCUT2D eigenvalue weighted by atomic mass is 35.5. The molecule has 0 amide bonds. The van der Waals surface area contributed by atoms with Crippen LogP contribution in [-0.4, -0.2) is 6.54 Å². The van der Waals surface area contributed by atoms with Crippen LogP contribution in [0.5, 0.6) is 0 Å². The Hall–Kier alpha value is -1.52. The van der Waals surface area contributed by atoms with E-state index in [1.807, 2.05) is 6.92 Å². The number of benzene rings is 2. The number of nitrogens with one attached hydrogen (secondary N) is 1. The second kappa shape index (κ2) is 6.29. The van der Waals surface area contributed by atoms with E-state index < -0.39 is 23.5 Å². The summed E-state index contributed by atoms with van der Waals surface area (Å²) < 4.78 is 40.9. The van der Waals surface area contributed by atoms with Crippen LogP contribution in [-0.2, 0) is 0 Å². The summed E-state index contributed by atoms with van der Waals surface area (Å²) in [6.07, 6.45) is 0. The van der Waals surface area contributed by atoms with Gasteiger partial charge in [-0.3, -0.25) is 0 Å².